The van der Waals surface area contributed by atoms with Gasteiger partial charge in [0.25, 0.3) is 0 Å². The van der Waals surface area contributed by atoms with Gasteiger partial charge in [-0.1, -0.05) is 32.0 Å². The van der Waals surface area contributed by atoms with Gasteiger partial charge in [-0.3, -0.25) is 4.99 Å². The van der Waals surface area contributed by atoms with Gasteiger partial charge in [0.2, 0.25) is 0 Å². The second-order valence-corrected chi connectivity index (χ2v) is 6.53. The fraction of sp³-hybridized carbons (Fsp3) is 0.632. The fourth-order valence-electron chi connectivity index (χ4n) is 3.20. The Kier molecular flexibility index (Phi) is 6.75. The van der Waals surface area contributed by atoms with Crippen molar-refractivity contribution < 1.29 is 4.74 Å². The average Bonchev–Trinajstić information content (AvgIpc) is 2.58. The molecule has 23 heavy (non-hydrogen) atoms. The molecule has 0 radical (unpaired) electrons. The first-order chi connectivity index (χ1) is 11.2. The Morgan fingerprint density at radius 1 is 1.43 bits per heavy atom. The SMILES string of the molecule is CCNC(=NCC(C)c1ccccc1OC)N1CCCC(C)C1. The van der Waals surface area contributed by atoms with Gasteiger partial charge in [0, 0.05) is 32.1 Å². The second kappa shape index (κ2) is 8.80. The molecule has 2 atom stereocenters. The summed E-state index contributed by atoms with van der Waals surface area (Å²) in [5, 5.41) is 3.45. The van der Waals surface area contributed by atoms with Gasteiger partial charge < -0.3 is 15.0 Å². The number of guanidine groups is 1. The highest BCUT2D eigenvalue weighted by atomic mass is 16.5. The Balaban J connectivity index is 2.07. The summed E-state index contributed by atoms with van der Waals surface area (Å²) in [4.78, 5) is 7.31. The van der Waals surface area contributed by atoms with Gasteiger partial charge in [-0.2, -0.15) is 0 Å². The van der Waals surface area contributed by atoms with Crippen LogP contribution in [-0.4, -0.2) is 44.1 Å². The largest absolute Gasteiger partial charge is 0.496 e. The van der Waals surface area contributed by atoms with Crippen LogP contribution >= 0.6 is 0 Å². The Morgan fingerprint density at radius 2 is 2.22 bits per heavy atom. The molecule has 0 amide bonds. The monoisotopic (exact) mass is 317 g/mol. The Morgan fingerprint density at radius 3 is 2.91 bits per heavy atom. The van der Waals surface area contributed by atoms with Crippen molar-refractivity contribution in [1.29, 1.82) is 0 Å². The molecule has 0 spiro atoms. The molecule has 1 aromatic carbocycles. The van der Waals surface area contributed by atoms with Crippen LogP contribution in [0.4, 0.5) is 0 Å². The van der Waals surface area contributed by atoms with Crippen molar-refractivity contribution in [2.24, 2.45) is 10.9 Å². The van der Waals surface area contributed by atoms with E-state index in [4.69, 9.17) is 9.73 Å². The first-order valence-corrected chi connectivity index (χ1v) is 8.81. The van der Waals surface area contributed by atoms with Crippen LogP contribution in [0.2, 0.25) is 0 Å². The number of para-hydroxylation sites is 1. The predicted octanol–water partition coefficient (Wildman–Crippen LogP) is 3.50. The lowest BCUT2D eigenvalue weighted by Gasteiger charge is -2.33. The van der Waals surface area contributed by atoms with Crippen molar-refractivity contribution in [2.75, 3.05) is 33.3 Å². The lowest BCUT2D eigenvalue weighted by Crippen LogP contribution is -2.46. The van der Waals surface area contributed by atoms with Crippen LogP contribution in [0.1, 0.15) is 45.1 Å². The predicted molar refractivity (Wildman–Crippen MR) is 97.4 cm³/mol. The Bertz CT molecular complexity index is 515. The minimum absolute atomic E-state index is 0.335. The number of nitrogens with one attached hydrogen (secondary N) is 1. The zero-order valence-electron chi connectivity index (χ0n) is 15.0. The van der Waals surface area contributed by atoms with E-state index in [1.165, 1.54) is 18.4 Å². The number of hydrogen-bond acceptors (Lipinski definition) is 2. The normalized spacial score (nSPS) is 20.3. The molecule has 1 fully saturated rings. The van der Waals surface area contributed by atoms with Crippen molar-refractivity contribution in [3.05, 3.63) is 29.8 Å². The van der Waals surface area contributed by atoms with Gasteiger partial charge in [-0.05, 0) is 37.3 Å². The summed E-state index contributed by atoms with van der Waals surface area (Å²) in [5.74, 6) is 3.09. The molecule has 1 N–H and O–H groups in total. The van der Waals surface area contributed by atoms with Crippen LogP contribution in [0.15, 0.2) is 29.3 Å². The van der Waals surface area contributed by atoms with Crippen molar-refractivity contribution >= 4 is 5.96 Å². The highest BCUT2D eigenvalue weighted by molar-refractivity contribution is 5.80. The van der Waals surface area contributed by atoms with Crippen LogP contribution in [0.3, 0.4) is 0 Å². The number of piperidine rings is 1. The van der Waals surface area contributed by atoms with Crippen LogP contribution < -0.4 is 10.1 Å². The lowest BCUT2D eigenvalue weighted by molar-refractivity contribution is 0.266. The van der Waals surface area contributed by atoms with E-state index in [-0.39, 0.29) is 0 Å². The van der Waals surface area contributed by atoms with Crippen molar-refractivity contribution in [3.63, 3.8) is 0 Å². The number of likely N-dealkylation sites (tertiary alicyclic amines) is 1. The number of benzene rings is 1. The Hall–Kier alpha value is -1.71. The summed E-state index contributed by atoms with van der Waals surface area (Å²) >= 11 is 0. The smallest absolute Gasteiger partial charge is 0.193 e. The molecule has 1 aliphatic rings. The third kappa shape index (κ3) is 4.88. The molecule has 1 aliphatic heterocycles. The summed E-state index contributed by atoms with van der Waals surface area (Å²) in [7, 11) is 1.73. The molecule has 0 saturated carbocycles. The second-order valence-electron chi connectivity index (χ2n) is 6.53. The number of methoxy groups -OCH3 is 1. The zero-order valence-corrected chi connectivity index (χ0v) is 15.0. The number of hydrogen-bond donors (Lipinski definition) is 1. The highest BCUT2D eigenvalue weighted by Gasteiger charge is 2.19. The molecule has 0 aromatic heterocycles. The van der Waals surface area contributed by atoms with Crippen LogP contribution in [0.5, 0.6) is 5.75 Å². The summed E-state index contributed by atoms with van der Waals surface area (Å²) in [6, 6.07) is 8.23. The van der Waals surface area contributed by atoms with E-state index < -0.39 is 0 Å². The molecule has 4 heteroatoms. The summed E-state index contributed by atoms with van der Waals surface area (Å²) in [5.41, 5.74) is 1.22. The third-order valence-electron chi connectivity index (χ3n) is 4.48. The van der Waals surface area contributed by atoms with Gasteiger partial charge >= 0.3 is 0 Å². The van der Waals surface area contributed by atoms with Gasteiger partial charge in [-0.15, -0.1) is 0 Å². The molecular weight excluding hydrogens is 286 g/mol. The van der Waals surface area contributed by atoms with E-state index in [2.05, 4.69) is 43.1 Å². The molecule has 0 bridgehead atoms. The number of nitrogens with zero attached hydrogens (tertiary/aromatic N) is 2. The molecule has 1 aromatic rings. The summed E-state index contributed by atoms with van der Waals surface area (Å²) in [6.07, 6.45) is 2.58. The van der Waals surface area contributed by atoms with Gasteiger partial charge in [0.1, 0.15) is 5.75 Å². The summed E-state index contributed by atoms with van der Waals surface area (Å²) in [6.45, 7) is 10.6. The van der Waals surface area contributed by atoms with Gasteiger partial charge in [0.15, 0.2) is 5.96 Å². The average molecular weight is 317 g/mol. The van der Waals surface area contributed by atoms with Crippen LogP contribution in [0.25, 0.3) is 0 Å². The van der Waals surface area contributed by atoms with E-state index in [0.29, 0.717) is 5.92 Å². The van der Waals surface area contributed by atoms with Crippen LogP contribution in [-0.2, 0) is 0 Å². The maximum absolute atomic E-state index is 5.48. The number of rotatable bonds is 5. The molecule has 128 valence electrons. The number of aliphatic imine (C=N–C) groups is 1. The molecule has 1 saturated heterocycles. The molecule has 2 rings (SSSR count). The van der Waals surface area contributed by atoms with Crippen LogP contribution in [0, 0.1) is 5.92 Å². The van der Waals surface area contributed by atoms with Gasteiger partial charge in [0.05, 0.1) is 7.11 Å². The maximum Gasteiger partial charge on any atom is 0.193 e. The molecular formula is C19H31N3O. The highest BCUT2D eigenvalue weighted by Crippen LogP contribution is 2.26. The molecule has 1 heterocycles. The van der Waals surface area contributed by atoms with E-state index in [0.717, 1.165) is 43.8 Å². The molecule has 0 aliphatic carbocycles. The van der Waals surface area contributed by atoms with E-state index in [1.54, 1.807) is 7.11 Å². The van der Waals surface area contributed by atoms with Gasteiger partial charge in [-0.25, -0.2) is 0 Å². The molecule has 4 nitrogen and oxygen atoms in total. The van der Waals surface area contributed by atoms with E-state index in [9.17, 15) is 0 Å². The molecule has 2 unspecified atom stereocenters. The minimum Gasteiger partial charge on any atom is -0.496 e. The zero-order chi connectivity index (χ0) is 16.7. The van der Waals surface area contributed by atoms with E-state index in [1.807, 2.05) is 12.1 Å². The number of ether oxygens (including phenoxy) is 1. The standard InChI is InChI=1S/C19H31N3O/c1-5-20-19(22-12-8-9-15(2)14-22)21-13-16(3)17-10-6-7-11-18(17)23-4/h6-7,10-11,15-16H,5,8-9,12-14H2,1-4H3,(H,20,21). The first kappa shape index (κ1) is 17.6. The third-order valence-corrected chi connectivity index (χ3v) is 4.48. The Labute approximate surface area is 140 Å². The quantitative estimate of drug-likeness (QED) is 0.667. The topological polar surface area (TPSA) is 36.9 Å². The first-order valence-electron chi connectivity index (χ1n) is 8.81. The summed E-state index contributed by atoms with van der Waals surface area (Å²) < 4.78 is 5.48. The van der Waals surface area contributed by atoms with Crippen molar-refractivity contribution in [2.45, 2.75) is 39.5 Å². The lowest BCUT2D eigenvalue weighted by atomic mass is 10.00. The van der Waals surface area contributed by atoms with Crippen molar-refractivity contribution in [3.8, 4) is 5.75 Å². The minimum atomic E-state index is 0.335. The fourth-order valence-corrected chi connectivity index (χ4v) is 3.20. The van der Waals surface area contributed by atoms with Crippen molar-refractivity contribution in [1.82, 2.24) is 10.2 Å². The maximum atomic E-state index is 5.48. The van der Waals surface area contributed by atoms with E-state index >= 15 is 0 Å².